The molecule has 4 heteroatoms. The van der Waals surface area contributed by atoms with Gasteiger partial charge >= 0.3 is 0 Å². The summed E-state index contributed by atoms with van der Waals surface area (Å²) in [5.74, 6) is 1.87. The van der Waals surface area contributed by atoms with Gasteiger partial charge in [-0.3, -0.25) is 0 Å². The van der Waals surface area contributed by atoms with Crippen LogP contribution in [0.25, 0.3) is 111 Å². The Balaban J connectivity index is 1.09. The topological polar surface area (TPSA) is 51.8 Å². The van der Waals surface area contributed by atoms with E-state index in [1.165, 1.54) is 27.5 Å². The highest BCUT2D eigenvalue weighted by Crippen LogP contribution is 2.37. The molecule has 0 spiro atoms. The summed E-state index contributed by atoms with van der Waals surface area (Å²) in [6, 6.07) is 65.9. The zero-order valence-electron chi connectivity index (χ0n) is 29.6. The number of rotatable bonds is 5. The fourth-order valence-corrected chi connectivity index (χ4v) is 8.01. The molecule has 2 heterocycles. The van der Waals surface area contributed by atoms with Crippen LogP contribution in [0.5, 0.6) is 0 Å². The molecule has 0 aliphatic heterocycles. The molecule has 0 radical (unpaired) electrons. The molecule has 256 valence electrons. The number of hydrogen-bond donors (Lipinski definition) is 0. The molecule has 0 aliphatic rings. The first-order valence-electron chi connectivity index (χ1n) is 18.5. The predicted octanol–water partition coefficient (Wildman–Crippen LogP) is 13.6. The lowest BCUT2D eigenvalue weighted by Crippen LogP contribution is -2.01. The van der Waals surface area contributed by atoms with Gasteiger partial charge in [0.2, 0.25) is 0 Å². The minimum Gasteiger partial charge on any atom is -0.456 e. The minimum absolute atomic E-state index is 0.619. The largest absolute Gasteiger partial charge is 0.456 e. The van der Waals surface area contributed by atoms with Gasteiger partial charge in [-0.05, 0) is 78.8 Å². The van der Waals surface area contributed by atoms with Crippen molar-refractivity contribution >= 4 is 54.3 Å². The zero-order chi connectivity index (χ0) is 36.3. The number of furan rings is 1. The van der Waals surface area contributed by atoms with Crippen LogP contribution in [-0.4, -0.2) is 15.0 Å². The number of benzene rings is 9. The van der Waals surface area contributed by atoms with Crippen LogP contribution in [-0.2, 0) is 0 Å². The molecule has 0 atom stereocenters. The van der Waals surface area contributed by atoms with E-state index in [0.717, 1.165) is 65.7 Å². The van der Waals surface area contributed by atoms with Crippen LogP contribution in [0, 0.1) is 0 Å². The Kier molecular flexibility index (Phi) is 7.14. The van der Waals surface area contributed by atoms with Crippen molar-refractivity contribution in [1.29, 1.82) is 0 Å². The van der Waals surface area contributed by atoms with Crippen molar-refractivity contribution in [1.82, 2.24) is 15.0 Å². The van der Waals surface area contributed by atoms with Gasteiger partial charge in [0, 0.05) is 27.5 Å². The Morgan fingerprint density at radius 1 is 0.273 bits per heavy atom. The molecule has 0 fully saturated rings. The molecule has 0 saturated carbocycles. The van der Waals surface area contributed by atoms with Crippen LogP contribution in [0.3, 0.4) is 0 Å². The van der Waals surface area contributed by atoms with Crippen LogP contribution in [0.4, 0.5) is 0 Å². The Morgan fingerprint density at radius 2 is 0.836 bits per heavy atom. The van der Waals surface area contributed by atoms with E-state index in [4.69, 9.17) is 19.4 Å². The van der Waals surface area contributed by atoms with Gasteiger partial charge < -0.3 is 4.42 Å². The second-order valence-corrected chi connectivity index (χ2v) is 14.0. The first-order valence-corrected chi connectivity index (χ1v) is 18.5. The molecule has 0 saturated heterocycles. The fourth-order valence-electron chi connectivity index (χ4n) is 8.01. The van der Waals surface area contributed by atoms with Crippen LogP contribution in [0.2, 0.25) is 0 Å². The summed E-state index contributed by atoms with van der Waals surface area (Å²) in [5.41, 5.74) is 9.25. The molecule has 0 bridgehead atoms. The van der Waals surface area contributed by atoms with Gasteiger partial charge in [0.1, 0.15) is 11.2 Å². The number of fused-ring (bicyclic) bond motifs is 6. The fraction of sp³-hybridized carbons (Fsp3) is 0. The highest BCUT2D eigenvalue weighted by molar-refractivity contribution is 6.10. The van der Waals surface area contributed by atoms with E-state index in [1.54, 1.807) is 0 Å². The van der Waals surface area contributed by atoms with E-state index >= 15 is 0 Å². The zero-order valence-corrected chi connectivity index (χ0v) is 29.6. The normalized spacial score (nSPS) is 11.6. The third kappa shape index (κ3) is 5.34. The number of hydrogen-bond acceptors (Lipinski definition) is 4. The number of para-hydroxylation sites is 1. The summed E-state index contributed by atoms with van der Waals surface area (Å²) in [5, 5.41) is 9.07. The van der Waals surface area contributed by atoms with Crippen LogP contribution in [0.15, 0.2) is 192 Å². The second kappa shape index (κ2) is 12.6. The van der Waals surface area contributed by atoms with Crippen molar-refractivity contribution in [2.75, 3.05) is 0 Å². The number of aromatic nitrogens is 3. The first-order chi connectivity index (χ1) is 27.2. The molecule has 0 unspecified atom stereocenters. The third-order valence-electron chi connectivity index (χ3n) is 10.7. The number of nitrogens with zero attached hydrogens (tertiary/aromatic N) is 3. The Bertz CT molecular complexity index is 3250. The molecule has 4 nitrogen and oxygen atoms in total. The van der Waals surface area contributed by atoms with E-state index in [9.17, 15) is 0 Å². The van der Waals surface area contributed by atoms with E-state index in [2.05, 4.69) is 176 Å². The summed E-state index contributed by atoms with van der Waals surface area (Å²) in [6.45, 7) is 0. The van der Waals surface area contributed by atoms with Gasteiger partial charge in [-0.1, -0.05) is 164 Å². The molecule has 0 amide bonds. The Hall–Kier alpha value is -7.43. The summed E-state index contributed by atoms with van der Waals surface area (Å²) < 4.78 is 6.20. The van der Waals surface area contributed by atoms with Crippen molar-refractivity contribution in [2.45, 2.75) is 0 Å². The van der Waals surface area contributed by atoms with Gasteiger partial charge in [-0.25, -0.2) is 15.0 Å². The standard InChI is InChI=1S/C51H31N3O/c1-2-11-32(12-3-1)41-18-9-20-43-42(41)19-10-21-45(43)51-53-49(35-25-23-34(24-26-35)40-17-8-14-33-13-4-5-15-39(33)40)52-50(54-51)37-28-27-36-31-48-46(30-38(36)29-37)44-16-6-7-22-47(44)55-48/h1-31H. The average molecular weight is 702 g/mol. The van der Waals surface area contributed by atoms with Gasteiger partial charge in [0.15, 0.2) is 17.5 Å². The quantitative estimate of drug-likeness (QED) is 0.179. The summed E-state index contributed by atoms with van der Waals surface area (Å²) in [7, 11) is 0. The maximum Gasteiger partial charge on any atom is 0.164 e. The Labute approximate surface area is 317 Å². The molecule has 11 aromatic rings. The summed E-state index contributed by atoms with van der Waals surface area (Å²) >= 11 is 0. The lowest BCUT2D eigenvalue weighted by molar-refractivity contribution is 0.669. The smallest absolute Gasteiger partial charge is 0.164 e. The maximum absolute atomic E-state index is 6.20. The van der Waals surface area contributed by atoms with Crippen molar-refractivity contribution in [3.05, 3.63) is 188 Å². The lowest BCUT2D eigenvalue weighted by atomic mass is 9.95. The van der Waals surface area contributed by atoms with Crippen molar-refractivity contribution in [3.8, 4) is 56.4 Å². The first kappa shape index (κ1) is 31.1. The van der Waals surface area contributed by atoms with E-state index in [0.29, 0.717) is 17.5 Å². The highest BCUT2D eigenvalue weighted by atomic mass is 16.3. The van der Waals surface area contributed by atoms with Crippen molar-refractivity contribution < 1.29 is 4.42 Å². The van der Waals surface area contributed by atoms with E-state index in [-0.39, 0.29) is 0 Å². The monoisotopic (exact) mass is 701 g/mol. The second-order valence-electron chi connectivity index (χ2n) is 14.0. The van der Waals surface area contributed by atoms with E-state index in [1.807, 2.05) is 12.1 Å². The third-order valence-corrected chi connectivity index (χ3v) is 10.7. The molecule has 55 heavy (non-hydrogen) atoms. The van der Waals surface area contributed by atoms with Gasteiger partial charge in [-0.2, -0.15) is 0 Å². The van der Waals surface area contributed by atoms with Crippen LogP contribution < -0.4 is 0 Å². The minimum atomic E-state index is 0.619. The van der Waals surface area contributed by atoms with Crippen molar-refractivity contribution in [2.24, 2.45) is 0 Å². The molecule has 2 aromatic heterocycles. The molecule has 0 aliphatic carbocycles. The molecular formula is C51H31N3O. The molecule has 9 aromatic carbocycles. The van der Waals surface area contributed by atoms with Gasteiger partial charge in [0.25, 0.3) is 0 Å². The molecular weight excluding hydrogens is 671 g/mol. The van der Waals surface area contributed by atoms with Gasteiger partial charge in [-0.15, -0.1) is 0 Å². The van der Waals surface area contributed by atoms with Crippen LogP contribution in [0.1, 0.15) is 0 Å². The van der Waals surface area contributed by atoms with Crippen molar-refractivity contribution in [3.63, 3.8) is 0 Å². The van der Waals surface area contributed by atoms with Crippen LogP contribution >= 0.6 is 0 Å². The summed E-state index contributed by atoms with van der Waals surface area (Å²) in [4.78, 5) is 15.6. The Morgan fingerprint density at radius 3 is 1.67 bits per heavy atom. The van der Waals surface area contributed by atoms with Gasteiger partial charge in [0.05, 0.1) is 0 Å². The molecule has 11 rings (SSSR count). The average Bonchev–Trinajstić information content (AvgIpc) is 3.62. The molecule has 0 N–H and O–H groups in total. The predicted molar refractivity (Wildman–Crippen MR) is 227 cm³/mol. The lowest BCUT2D eigenvalue weighted by Gasteiger charge is -2.13. The highest BCUT2D eigenvalue weighted by Gasteiger charge is 2.17. The SMILES string of the molecule is c1ccc(-c2cccc3c(-c4nc(-c5ccc(-c6cccc7ccccc67)cc5)nc(-c5ccc6cc7oc8ccccc8c7cc6c5)n4)cccc23)cc1. The maximum atomic E-state index is 6.20. The van der Waals surface area contributed by atoms with E-state index < -0.39 is 0 Å². The summed E-state index contributed by atoms with van der Waals surface area (Å²) in [6.07, 6.45) is 0.